The number of urea groups is 1. The van der Waals surface area contributed by atoms with Gasteiger partial charge in [0.25, 0.3) is 0 Å². The van der Waals surface area contributed by atoms with Gasteiger partial charge < -0.3 is 19.7 Å². The number of methoxy groups -OCH3 is 2. The Labute approximate surface area is 206 Å². The van der Waals surface area contributed by atoms with Crippen LogP contribution in [0.3, 0.4) is 0 Å². The van der Waals surface area contributed by atoms with E-state index < -0.39 is 15.1 Å². The molecule has 184 valence electrons. The van der Waals surface area contributed by atoms with Crippen LogP contribution in [0.4, 0.5) is 10.5 Å². The van der Waals surface area contributed by atoms with Crippen LogP contribution in [-0.2, 0) is 21.2 Å². The van der Waals surface area contributed by atoms with E-state index >= 15 is 0 Å². The van der Waals surface area contributed by atoms with Gasteiger partial charge in [-0.1, -0.05) is 42.5 Å². The van der Waals surface area contributed by atoms with Crippen molar-refractivity contribution in [3.63, 3.8) is 0 Å². The molecule has 8 heteroatoms. The normalized spacial score (nSPS) is 14.5. The van der Waals surface area contributed by atoms with Gasteiger partial charge in [-0.15, -0.1) is 0 Å². The summed E-state index contributed by atoms with van der Waals surface area (Å²) in [5.74, 6) is 0.654. The third-order valence-corrected chi connectivity index (χ3v) is 8.55. The number of nitrogens with zero attached hydrogens (tertiary/aromatic N) is 1. The highest BCUT2D eigenvalue weighted by molar-refractivity contribution is 7.92. The average molecular weight is 495 g/mol. The van der Waals surface area contributed by atoms with Crippen LogP contribution < -0.4 is 10.1 Å². The summed E-state index contributed by atoms with van der Waals surface area (Å²) in [6, 6.07) is 21.9. The topological polar surface area (TPSA) is 84.9 Å². The highest BCUT2D eigenvalue weighted by Gasteiger charge is 2.32. The second-order valence-electron chi connectivity index (χ2n) is 8.55. The Hall–Kier alpha value is -3.36. The first kappa shape index (κ1) is 24.8. The molecule has 1 saturated heterocycles. The predicted molar refractivity (Wildman–Crippen MR) is 136 cm³/mol. The molecule has 3 aromatic rings. The molecule has 3 aromatic carbocycles. The molecule has 4 rings (SSSR count). The van der Waals surface area contributed by atoms with Crippen molar-refractivity contribution in [2.24, 2.45) is 0 Å². The number of hydrogen-bond acceptors (Lipinski definition) is 5. The van der Waals surface area contributed by atoms with Gasteiger partial charge in [0.15, 0.2) is 9.84 Å². The summed E-state index contributed by atoms with van der Waals surface area (Å²) in [5.41, 5.74) is 3.69. The van der Waals surface area contributed by atoms with Crippen LogP contribution in [0.25, 0.3) is 11.1 Å². The molecule has 0 saturated carbocycles. The number of benzene rings is 3. The van der Waals surface area contributed by atoms with E-state index in [1.807, 2.05) is 36.4 Å². The molecule has 1 N–H and O–H groups in total. The lowest BCUT2D eigenvalue weighted by Gasteiger charge is -2.31. The molecule has 2 amide bonds. The lowest BCUT2D eigenvalue weighted by atomic mass is 10.0. The molecule has 0 aliphatic carbocycles. The Morgan fingerprint density at radius 2 is 1.57 bits per heavy atom. The third-order valence-electron chi connectivity index (χ3n) is 6.27. The van der Waals surface area contributed by atoms with E-state index in [0.29, 0.717) is 48.9 Å². The number of anilines is 1. The van der Waals surface area contributed by atoms with Crippen LogP contribution >= 0.6 is 0 Å². The Morgan fingerprint density at radius 3 is 2.17 bits per heavy atom. The fraction of sp³-hybridized carbons (Fsp3) is 0.296. The molecule has 7 nitrogen and oxygen atoms in total. The number of likely N-dealkylation sites (tertiary alicyclic amines) is 1. The van der Waals surface area contributed by atoms with E-state index in [4.69, 9.17) is 9.47 Å². The summed E-state index contributed by atoms with van der Waals surface area (Å²) < 4.78 is 36.8. The summed E-state index contributed by atoms with van der Waals surface area (Å²) in [7, 11) is -0.253. The molecule has 0 aromatic heterocycles. The van der Waals surface area contributed by atoms with Crippen LogP contribution in [0, 0.1) is 0 Å². The second kappa shape index (κ2) is 10.9. The van der Waals surface area contributed by atoms with Crippen molar-refractivity contribution in [3.05, 3.63) is 78.4 Å². The molecule has 0 radical (unpaired) electrons. The van der Waals surface area contributed by atoms with Gasteiger partial charge in [-0.2, -0.15) is 0 Å². The zero-order chi connectivity index (χ0) is 24.8. The minimum atomic E-state index is -3.48. The van der Waals surface area contributed by atoms with E-state index in [2.05, 4.69) is 5.32 Å². The first-order valence-electron chi connectivity index (χ1n) is 11.5. The fourth-order valence-electron chi connectivity index (χ4n) is 4.26. The van der Waals surface area contributed by atoms with Crippen LogP contribution in [0.5, 0.6) is 5.75 Å². The molecule has 35 heavy (non-hydrogen) atoms. The number of sulfone groups is 1. The Morgan fingerprint density at radius 1 is 0.943 bits per heavy atom. The van der Waals surface area contributed by atoms with Crippen molar-refractivity contribution in [1.29, 1.82) is 0 Å². The minimum absolute atomic E-state index is 0.241. The molecule has 1 aliphatic heterocycles. The van der Waals surface area contributed by atoms with Crippen LogP contribution in [0.1, 0.15) is 18.4 Å². The van der Waals surface area contributed by atoms with Gasteiger partial charge in [0.2, 0.25) is 0 Å². The Bertz CT molecular complexity index is 1250. The van der Waals surface area contributed by atoms with Crippen LogP contribution in [-0.4, -0.2) is 51.9 Å². The number of hydrogen-bond donors (Lipinski definition) is 1. The van der Waals surface area contributed by atoms with Gasteiger partial charge in [0, 0.05) is 32.0 Å². The first-order valence-corrected chi connectivity index (χ1v) is 13.1. The average Bonchev–Trinajstić information content (AvgIpc) is 2.89. The van der Waals surface area contributed by atoms with E-state index in [9.17, 15) is 13.2 Å². The summed E-state index contributed by atoms with van der Waals surface area (Å²) in [6.45, 7) is 1.32. The smallest absolute Gasteiger partial charge is 0.321 e. The molecule has 0 atom stereocenters. The number of piperidine rings is 1. The Balaban J connectivity index is 1.37. The highest BCUT2D eigenvalue weighted by Crippen LogP contribution is 2.28. The maximum absolute atomic E-state index is 13.2. The van der Waals surface area contributed by atoms with E-state index in [1.54, 1.807) is 55.5 Å². The summed E-state index contributed by atoms with van der Waals surface area (Å²) in [5, 5.41) is 2.34. The number of rotatable bonds is 7. The first-order chi connectivity index (χ1) is 16.9. The zero-order valence-corrected chi connectivity index (χ0v) is 20.8. The molecule has 1 heterocycles. The molecule has 0 bridgehead atoms. The molecule has 0 unspecified atom stereocenters. The number of amides is 2. The molecule has 1 aliphatic rings. The lowest BCUT2D eigenvalue weighted by Crippen LogP contribution is -2.44. The van der Waals surface area contributed by atoms with Gasteiger partial charge in [-0.05, 0) is 53.8 Å². The highest BCUT2D eigenvalue weighted by atomic mass is 32.2. The zero-order valence-electron chi connectivity index (χ0n) is 19.9. The number of carbonyl (C=O) groups is 1. The summed E-state index contributed by atoms with van der Waals surface area (Å²) in [6.07, 6.45) is 0.799. The van der Waals surface area contributed by atoms with Crippen molar-refractivity contribution in [2.75, 3.05) is 32.6 Å². The van der Waals surface area contributed by atoms with Crippen molar-refractivity contribution >= 4 is 21.6 Å². The van der Waals surface area contributed by atoms with Gasteiger partial charge >= 0.3 is 6.03 Å². The number of nitrogens with one attached hydrogen (secondary N) is 1. The lowest BCUT2D eigenvalue weighted by molar-refractivity contribution is 0.185. The van der Waals surface area contributed by atoms with Gasteiger partial charge in [-0.25, -0.2) is 13.2 Å². The molecule has 1 fully saturated rings. The van der Waals surface area contributed by atoms with E-state index in [-0.39, 0.29) is 6.03 Å². The van der Waals surface area contributed by atoms with Crippen molar-refractivity contribution in [3.8, 4) is 16.9 Å². The predicted octanol–water partition coefficient (Wildman–Crippen LogP) is 4.98. The van der Waals surface area contributed by atoms with E-state index in [1.165, 1.54) is 0 Å². The largest absolute Gasteiger partial charge is 0.497 e. The SMILES string of the molecule is COCc1ccc(-c2ccc(S(=O)(=O)C3CCN(C(=O)Nc4cccc(OC)c4)CC3)cc2)cc1. The quantitative estimate of drug-likeness (QED) is 0.501. The van der Waals surface area contributed by atoms with Gasteiger partial charge in [0.1, 0.15) is 5.75 Å². The van der Waals surface area contributed by atoms with E-state index in [0.717, 1.165) is 16.7 Å². The standard InChI is InChI=1S/C27H30N2O5S/c1-33-19-20-6-8-21(9-7-20)22-10-12-25(13-11-22)35(31,32)26-14-16-29(17-15-26)27(30)28-23-4-3-5-24(18-23)34-2/h3-13,18,26H,14-17,19H2,1-2H3,(H,28,30). The number of ether oxygens (including phenoxy) is 2. The second-order valence-corrected chi connectivity index (χ2v) is 10.8. The van der Waals surface area contributed by atoms with Crippen LogP contribution in [0.2, 0.25) is 0 Å². The summed E-state index contributed by atoms with van der Waals surface area (Å²) >= 11 is 0. The fourth-order valence-corrected chi connectivity index (χ4v) is 5.99. The number of carbonyl (C=O) groups excluding carboxylic acids is 1. The molecular formula is C27H30N2O5S. The molecule has 0 spiro atoms. The monoisotopic (exact) mass is 494 g/mol. The van der Waals surface area contributed by atoms with Gasteiger partial charge in [-0.3, -0.25) is 0 Å². The van der Waals surface area contributed by atoms with Gasteiger partial charge in [0.05, 0.1) is 23.9 Å². The maximum atomic E-state index is 13.2. The molecular weight excluding hydrogens is 464 g/mol. The maximum Gasteiger partial charge on any atom is 0.321 e. The van der Waals surface area contributed by atoms with Crippen molar-refractivity contribution in [1.82, 2.24) is 4.90 Å². The minimum Gasteiger partial charge on any atom is -0.497 e. The Kier molecular flexibility index (Phi) is 7.73. The van der Waals surface area contributed by atoms with Crippen molar-refractivity contribution in [2.45, 2.75) is 29.6 Å². The van der Waals surface area contributed by atoms with Crippen molar-refractivity contribution < 1.29 is 22.7 Å². The van der Waals surface area contributed by atoms with Crippen LogP contribution in [0.15, 0.2) is 77.7 Å². The third kappa shape index (κ3) is 5.83. The summed E-state index contributed by atoms with van der Waals surface area (Å²) in [4.78, 5) is 14.6.